The number of hydrogen-bond donors (Lipinski definition) is 2. The van der Waals surface area contributed by atoms with E-state index in [1.165, 1.54) is 10.9 Å². The Hall–Kier alpha value is -3.12. The normalized spacial score (nSPS) is 17.0. The number of ether oxygens (including phenoxy) is 1. The first-order valence-corrected chi connectivity index (χ1v) is 10.5. The Bertz CT molecular complexity index is 1040. The van der Waals surface area contributed by atoms with Crippen LogP contribution in [0.5, 0.6) is 0 Å². The fourth-order valence-electron chi connectivity index (χ4n) is 4.10. The predicted octanol–water partition coefficient (Wildman–Crippen LogP) is 4.20. The fraction of sp³-hybridized carbons (Fsp3) is 0.333. The summed E-state index contributed by atoms with van der Waals surface area (Å²) in [6, 6.07) is 15.2. The van der Waals surface area contributed by atoms with Gasteiger partial charge in [-0.25, -0.2) is 4.79 Å². The highest BCUT2D eigenvalue weighted by Gasteiger charge is 2.26. The monoisotopic (exact) mass is 405 g/mol. The first-order chi connectivity index (χ1) is 14.6. The lowest BCUT2D eigenvalue weighted by Gasteiger charge is -2.31. The van der Waals surface area contributed by atoms with Crippen LogP contribution in [-0.2, 0) is 16.1 Å². The van der Waals surface area contributed by atoms with Crippen LogP contribution in [0.2, 0.25) is 0 Å². The van der Waals surface area contributed by atoms with Gasteiger partial charge in [-0.1, -0.05) is 24.3 Å². The van der Waals surface area contributed by atoms with Crippen LogP contribution >= 0.6 is 0 Å². The van der Waals surface area contributed by atoms with Gasteiger partial charge in [0.15, 0.2) is 0 Å². The molecule has 1 saturated heterocycles. The van der Waals surface area contributed by atoms with Crippen LogP contribution < -0.4 is 5.32 Å². The van der Waals surface area contributed by atoms with Crippen molar-refractivity contribution in [2.75, 3.05) is 25.0 Å². The SMILES string of the molecule is CCOC(=O)c1cccc(NC(=O)C2CCCN(Cc3c[nH]c4ccccc34)C2)c1. The van der Waals surface area contributed by atoms with E-state index < -0.39 is 0 Å². The second-order valence-corrected chi connectivity index (χ2v) is 7.72. The minimum Gasteiger partial charge on any atom is -0.462 e. The number of likely N-dealkylation sites (tertiary alicyclic amines) is 1. The molecule has 30 heavy (non-hydrogen) atoms. The van der Waals surface area contributed by atoms with Crippen LogP contribution in [0.25, 0.3) is 10.9 Å². The Kier molecular flexibility index (Phi) is 6.14. The summed E-state index contributed by atoms with van der Waals surface area (Å²) in [6.07, 6.45) is 3.92. The van der Waals surface area contributed by atoms with Crippen molar-refractivity contribution in [2.24, 2.45) is 5.92 Å². The molecule has 1 aromatic heterocycles. The summed E-state index contributed by atoms with van der Waals surface area (Å²) in [7, 11) is 0. The van der Waals surface area contributed by atoms with Gasteiger partial charge in [0.1, 0.15) is 0 Å². The van der Waals surface area contributed by atoms with Gasteiger partial charge in [-0.2, -0.15) is 0 Å². The quantitative estimate of drug-likeness (QED) is 0.603. The number of H-pyrrole nitrogens is 1. The zero-order valence-corrected chi connectivity index (χ0v) is 17.2. The number of nitrogens with zero attached hydrogens (tertiary/aromatic N) is 1. The van der Waals surface area contributed by atoms with Crippen LogP contribution in [-0.4, -0.2) is 41.5 Å². The molecule has 3 aromatic rings. The van der Waals surface area contributed by atoms with E-state index in [9.17, 15) is 9.59 Å². The number of nitrogens with one attached hydrogen (secondary N) is 2. The average molecular weight is 405 g/mol. The standard InChI is InChI=1S/C24H27N3O3/c1-2-30-24(29)17-7-5-9-20(13-17)26-23(28)18-8-6-12-27(15-18)16-19-14-25-22-11-4-3-10-21(19)22/h3-5,7,9-11,13-14,18,25H,2,6,8,12,15-16H2,1H3,(H,26,28). The van der Waals surface area contributed by atoms with Gasteiger partial charge in [0.05, 0.1) is 18.1 Å². The number of aromatic amines is 1. The van der Waals surface area contributed by atoms with E-state index in [2.05, 4.69) is 39.6 Å². The molecule has 6 nitrogen and oxygen atoms in total. The molecule has 6 heteroatoms. The number of piperidine rings is 1. The van der Waals surface area contributed by atoms with E-state index in [0.29, 0.717) is 17.9 Å². The van der Waals surface area contributed by atoms with Crippen LogP contribution in [0.15, 0.2) is 54.7 Å². The van der Waals surface area contributed by atoms with Gasteiger partial charge in [-0.3, -0.25) is 9.69 Å². The Morgan fingerprint density at radius 2 is 2.07 bits per heavy atom. The van der Waals surface area contributed by atoms with E-state index in [4.69, 9.17) is 4.74 Å². The number of rotatable bonds is 6. The van der Waals surface area contributed by atoms with Crippen molar-refractivity contribution in [3.8, 4) is 0 Å². The van der Waals surface area contributed by atoms with E-state index in [1.807, 2.05) is 6.07 Å². The lowest BCUT2D eigenvalue weighted by atomic mass is 9.96. The molecule has 156 valence electrons. The molecular weight excluding hydrogens is 378 g/mol. The maximum atomic E-state index is 12.9. The second kappa shape index (κ2) is 9.13. The maximum Gasteiger partial charge on any atom is 0.338 e. The number of esters is 1. The molecule has 0 bridgehead atoms. The highest BCUT2D eigenvalue weighted by atomic mass is 16.5. The molecule has 4 rings (SSSR count). The third-order valence-corrected chi connectivity index (χ3v) is 5.59. The average Bonchev–Trinajstić information content (AvgIpc) is 3.17. The number of carbonyl (C=O) groups is 2. The minimum absolute atomic E-state index is 0.000337. The first-order valence-electron chi connectivity index (χ1n) is 10.5. The third-order valence-electron chi connectivity index (χ3n) is 5.59. The Morgan fingerprint density at radius 3 is 2.93 bits per heavy atom. The number of amides is 1. The molecule has 1 unspecified atom stereocenters. The van der Waals surface area contributed by atoms with Crippen molar-refractivity contribution in [2.45, 2.75) is 26.3 Å². The van der Waals surface area contributed by atoms with Gasteiger partial charge in [-0.15, -0.1) is 0 Å². The van der Waals surface area contributed by atoms with E-state index >= 15 is 0 Å². The smallest absolute Gasteiger partial charge is 0.338 e. The first kappa shape index (κ1) is 20.2. The minimum atomic E-state index is -0.379. The summed E-state index contributed by atoms with van der Waals surface area (Å²) in [5.74, 6) is -0.453. The topological polar surface area (TPSA) is 74.4 Å². The van der Waals surface area contributed by atoms with Gasteiger partial charge >= 0.3 is 5.97 Å². The van der Waals surface area contributed by atoms with Gasteiger partial charge < -0.3 is 15.0 Å². The molecular formula is C24H27N3O3. The molecule has 1 aliphatic rings. The number of aromatic nitrogens is 1. The largest absolute Gasteiger partial charge is 0.462 e. The van der Waals surface area contributed by atoms with Gasteiger partial charge in [0.25, 0.3) is 0 Å². The number of carbonyl (C=O) groups excluding carboxylic acids is 2. The number of anilines is 1. The van der Waals surface area contributed by atoms with Gasteiger partial charge in [0.2, 0.25) is 5.91 Å². The molecule has 2 aromatic carbocycles. The fourth-order valence-corrected chi connectivity index (χ4v) is 4.10. The van der Waals surface area contributed by atoms with E-state index in [-0.39, 0.29) is 17.8 Å². The lowest BCUT2D eigenvalue weighted by molar-refractivity contribution is -0.121. The molecule has 2 N–H and O–H groups in total. The number of fused-ring (bicyclic) bond motifs is 1. The van der Waals surface area contributed by atoms with Crippen LogP contribution in [0, 0.1) is 5.92 Å². The Labute approximate surface area is 176 Å². The van der Waals surface area contributed by atoms with Crippen molar-refractivity contribution < 1.29 is 14.3 Å². The summed E-state index contributed by atoms with van der Waals surface area (Å²) in [5.41, 5.74) is 3.47. The van der Waals surface area contributed by atoms with Crippen LogP contribution in [0.3, 0.4) is 0 Å². The van der Waals surface area contributed by atoms with Gasteiger partial charge in [-0.05, 0) is 56.1 Å². The zero-order chi connectivity index (χ0) is 20.9. The third kappa shape index (κ3) is 4.54. The summed E-state index contributed by atoms with van der Waals surface area (Å²) in [5, 5.41) is 4.21. The molecule has 0 saturated carbocycles. The molecule has 1 amide bonds. The predicted molar refractivity (Wildman–Crippen MR) is 117 cm³/mol. The van der Waals surface area contributed by atoms with E-state index in [0.717, 1.165) is 38.0 Å². The molecule has 0 aliphatic carbocycles. The summed E-state index contributed by atoms with van der Waals surface area (Å²) in [4.78, 5) is 30.5. The lowest BCUT2D eigenvalue weighted by Crippen LogP contribution is -2.40. The van der Waals surface area contributed by atoms with Gasteiger partial charge in [0, 0.05) is 35.9 Å². The maximum absolute atomic E-state index is 12.9. The van der Waals surface area contributed by atoms with Crippen LogP contribution in [0.1, 0.15) is 35.7 Å². The van der Waals surface area contributed by atoms with Crippen LogP contribution in [0.4, 0.5) is 5.69 Å². The number of benzene rings is 2. The van der Waals surface area contributed by atoms with E-state index in [1.54, 1.807) is 31.2 Å². The van der Waals surface area contributed by atoms with Crippen molar-refractivity contribution in [3.05, 3.63) is 65.9 Å². The molecule has 2 heterocycles. The Balaban J connectivity index is 1.39. The molecule has 0 spiro atoms. The highest BCUT2D eigenvalue weighted by molar-refractivity contribution is 5.95. The summed E-state index contributed by atoms with van der Waals surface area (Å²) >= 11 is 0. The molecule has 1 aliphatic heterocycles. The summed E-state index contributed by atoms with van der Waals surface area (Å²) in [6.45, 7) is 4.63. The van der Waals surface area contributed by atoms with Crippen molar-refractivity contribution in [1.82, 2.24) is 9.88 Å². The van der Waals surface area contributed by atoms with Crippen molar-refractivity contribution >= 4 is 28.5 Å². The molecule has 1 atom stereocenters. The highest BCUT2D eigenvalue weighted by Crippen LogP contribution is 2.24. The number of hydrogen-bond acceptors (Lipinski definition) is 4. The Morgan fingerprint density at radius 1 is 1.20 bits per heavy atom. The second-order valence-electron chi connectivity index (χ2n) is 7.72. The molecule has 1 fully saturated rings. The summed E-state index contributed by atoms with van der Waals surface area (Å²) < 4.78 is 5.04. The molecule has 0 radical (unpaired) electrons. The van der Waals surface area contributed by atoms with Crippen molar-refractivity contribution in [1.29, 1.82) is 0 Å². The number of para-hydroxylation sites is 1. The zero-order valence-electron chi connectivity index (χ0n) is 17.2. The van der Waals surface area contributed by atoms with Crippen molar-refractivity contribution in [3.63, 3.8) is 0 Å².